The van der Waals surface area contributed by atoms with E-state index in [0.717, 1.165) is 73.5 Å². The summed E-state index contributed by atoms with van der Waals surface area (Å²) in [5, 5.41) is 0. The van der Waals surface area contributed by atoms with E-state index in [1.807, 2.05) is 84.9 Å². The van der Waals surface area contributed by atoms with E-state index < -0.39 is 0 Å². The summed E-state index contributed by atoms with van der Waals surface area (Å²) in [7, 11) is 0. The van der Waals surface area contributed by atoms with Crippen LogP contribution < -0.4 is 0 Å². The van der Waals surface area contributed by atoms with Gasteiger partial charge in [-0.3, -0.25) is 0 Å². The van der Waals surface area contributed by atoms with Crippen molar-refractivity contribution in [1.82, 2.24) is 19.9 Å². The summed E-state index contributed by atoms with van der Waals surface area (Å²) in [6, 6.07) is 54.1. The summed E-state index contributed by atoms with van der Waals surface area (Å²) in [4.78, 5) is 20.1. The van der Waals surface area contributed by atoms with Crippen molar-refractivity contribution in [2.45, 2.75) is 6.42 Å². The SMILES string of the molecule is c1ccc(-c2nc3ccccc3nc2-c2ccc(Cc3ccc(-c4nc5ccccc5nc4-c4ccccc4)cc3)cc2)cc1. The lowest BCUT2D eigenvalue weighted by Crippen LogP contribution is -1.96. The van der Waals surface area contributed by atoms with Crippen molar-refractivity contribution >= 4 is 22.1 Å². The van der Waals surface area contributed by atoms with E-state index in [4.69, 9.17) is 19.9 Å². The van der Waals surface area contributed by atoms with Crippen molar-refractivity contribution in [2.24, 2.45) is 0 Å². The summed E-state index contributed by atoms with van der Waals surface area (Å²) >= 11 is 0. The van der Waals surface area contributed by atoms with Gasteiger partial charge in [0.15, 0.2) is 0 Å². The van der Waals surface area contributed by atoms with E-state index in [9.17, 15) is 0 Å². The number of hydrogen-bond donors (Lipinski definition) is 0. The first-order chi connectivity index (χ1) is 22.3. The Labute approximate surface area is 261 Å². The van der Waals surface area contributed by atoms with E-state index >= 15 is 0 Å². The smallest absolute Gasteiger partial charge is 0.0973 e. The van der Waals surface area contributed by atoms with Gasteiger partial charge < -0.3 is 0 Å². The van der Waals surface area contributed by atoms with Gasteiger partial charge in [-0.05, 0) is 41.8 Å². The van der Waals surface area contributed by atoms with Gasteiger partial charge in [0.05, 0.1) is 44.8 Å². The molecular formula is C41H28N4. The lowest BCUT2D eigenvalue weighted by Gasteiger charge is -2.12. The minimum atomic E-state index is 0.824. The third-order valence-corrected chi connectivity index (χ3v) is 8.10. The van der Waals surface area contributed by atoms with Gasteiger partial charge in [-0.2, -0.15) is 0 Å². The first-order valence-corrected chi connectivity index (χ1v) is 15.1. The fourth-order valence-electron chi connectivity index (χ4n) is 5.79. The molecule has 0 aliphatic rings. The molecule has 0 atom stereocenters. The molecule has 212 valence electrons. The topological polar surface area (TPSA) is 51.6 Å². The molecule has 0 saturated carbocycles. The molecule has 0 aliphatic carbocycles. The van der Waals surface area contributed by atoms with Gasteiger partial charge >= 0.3 is 0 Å². The Kier molecular flexibility index (Phi) is 6.85. The molecule has 0 saturated heterocycles. The van der Waals surface area contributed by atoms with Gasteiger partial charge in [-0.25, -0.2) is 19.9 Å². The molecule has 2 heterocycles. The van der Waals surface area contributed by atoms with Crippen LogP contribution in [-0.4, -0.2) is 19.9 Å². The Morgan fingerprint density at radius 2 is 0.533 bits per heavy atom. The molecule has 0 bridgehead atoms. The molecule has 6 aromatic carbocycles. The zero-order chi connectivity index (χ0) is 30.0. The highest BCUT2D eigenvalue weighted by Crippen LogP contribution is 2.33. The monoisotopic (exact) mass is 576 g/mol. The van der Waals surface area contributed by atoms with Gasteiger partial charge in [-0.1, -0.05) is 133 Å². The zero-order valence-electron chi connectivity index (χ0n) is 24.5. The molecule has 0 radical (unpaired) electrons. The van der Waals surface area contributed by atoms with Crippen LogP contribution in [0, 0.1) is 0 Å². The molecule has 45 heavy (non-hydrogen) atoms. The standard InChI is InChI=1S/C41H28N4/c1-3-11-30(12-4-1)38-40(44-36-17-9-7-15-34(36)42-38)32-23-19-28(20-24-32)27-29-21-25-33(26-22-29)41-39(31-13-5-2-6-14-31)43-35-16-8-10-18-37(35)45-41/h1-26H,27H2. The van der Waals surface area contributed by atoms with Crippen molar-refractivity contribution in [2.75, 3.05) is 0 Å². The number of fused-ring (bicyclic) bond motifs is 2. The highest BCUT2D eigenvalue weighted by molar-refractivity contribution is 5.87. The van der Waals surface area contributed by atoms with Crippen LogP contribution >= 0.6 is 0 Å². The van der Waals surface area contributed by atoms with Crippen LogP contribution in [0.15, 0.2) is 158 Å². The van der Waals surface area contributed by atoms with E-state index in [1.54, 1.807) is 0 Å². The van der Waals surface area contributed by atoms with E-state index in [1.165, 1.54) is 11.1 Å². The molecule has 8 aromatic rings. The number of rotatable bonds is 6. The minimum Gasteiger partial charge on any atom is -0.244 e. The Balaban J connectivity index is 1.09. The zero-order valence-corrected chi connectivity index (χ0v) is 24.5. The van der Waals surface area contributed by atoms with Crippen molar-refractivity contribution in [1.29, 1.82) is 0 Å². The maximum absolute atomic E-state index is 5.05. The normalized spacial score (nSPS) is 11.2. The van der Waals surface area contributed by atoms with Crippen LogP contribution in [-0.2, 0) is 6.42 Å². The first-order valence-electron chi connectivity index (χ1n) is 15.1. The van der Waals surface area contributed by atoms with Gasteiger partial charge in [0.25, 0.3) is 0 Å². The summed E-state index contributed by atoms with van der Waals surface area (Å²) < 4.78 is 0. The van der Waals surface area contributed by atoms with Gasteiger partial charge in [0.1, 0.15) is 0 Å². The fraction of sp³-hybridized carbons (Fsp3) is 0.0244. The molecule has 0 unspecified atom stereocenters. The number of benzene rings is 6. The predicted octanol–water partition coefficient (Wildman–Crippen LogP) is 9.83. The van der Waals surface area contributed by atoms with Gasteiger partial charge in [0, 0.05) is 22.3 Å². The molecule has 0 aliphatic heterocycles. The Morgan fingerprint density at radius 3 is 0.844 bits per heavy atom. The van der Waals surface area contributed by atoms with Crippen molar-refractivity contribution in [3.8, 4) is 45.0 Å². The van der Waals surface area contributed by atoms with Crippen molar-refractivity contribution in [3.05, 3.63) is 169 Å². The molecule has 0 fully saturated rings. The second-order valence-corrected chi connectivity index (χ2v) is 11.1. The molecule has 0 spiro atoms. The summed E-state index contributed by atoms with van der Waals surface area (Å²) in [6.45, 7) is 0. The lowest BCUT2D eigenvalue weighted by atomic mass is 9.98. The first kappa shape index (κ1) is 26.6. The number of para-hydroxylation sites is 4. The molecule has 0 N–H and O–H groups in total. The predicted molar refractivity (Wildman–Crippen MR) is 184 cm³/mol. The van der Waals surface area contributed by atoms with Crippen molar-refractivity contribution in [3.63, 3.8) is 0 Å². The molecule has 0 amide bonds. The van der Waals surface area contributed by atoms with Crippen LogP contribution in [0.3, 0.4) is 0 Å². The highest BCUT2D eigenvalue weighted by atomic mass is 14.8. The molecule has 4 nitrogen and oxygen atoms in total. The Hall–Kier alpha value is -6.00. The summed E-state index contributed by atoms with van der Waals surface area (Å²) in [5.74, 6) is 0. The molecule has 2 aromatic heterocycles. The van der Waals surface area contributed by atoms with E-state index in [0.29, 0.717) is 0 Å². The average molecular weight is 577 g/mol. The number of hydrogen-bond acceptors (Lipinski definition) is 4. The van der Waals surface area contributed by atoms with E-state index in [-0.39, 0.29) is 0 Å². The number of nitrogens with zero attached hydrogens (tertiary/aromatic N) is 4. The summed E-state index contributed by atoms with van der Waals surface area (Å²) in [6.07, 6.45) is 0.824. The highest BCUT2D eigenvalue weighted by Gasteiger charge is 2.15. The number of aromatic nitrogens is 4. The van der Waals surface area contributed by atoms with Crippen molar-refractivity contribution < 1.29 is 0 Å². The van der Waals surface area contributed by atoms with Crippen LogP contribution in [0.4, 0.5) is 0 Å². The summed E-state index contributed by atoms with van der Waals surface area (Å²) in [5.41, 5.74) is 13.8. The lowest BCUT2D eigenvalue weighted by molar-refractivity contribution is 1.19. The molecular weight excluding hydrogens is 548 g/mol. The Bertz CT molecular complexity index is 2100. The maximum atomic E-state index is 5.05. The van der Waals surface area contributed by atoms with Gasteiger partial charge in [-0.15, -0.1) is 0 Å². The van der Waals surface area contributed by atoms with Crippen LogP contribution in [0.25, 0.3) is 67.1 Å². The van der Waals surface area contributed by atoms with Crippen LogP contribution in [0.5, 0.6) is 0 Å². The molecule has 4 heteroatoms. The Morgan fingerprint density at radius 1 is 0.267 bits per heavy atom. The van der Waals surface area contributed by atoms with E-state index in [2.05, 4.69) is 72.8 Å². The quantitative estimate of drug-likeness (QED) is 0.198. The van der Waals surface area contributed by atoms with Crippen LogP contribution in [0.2, 0.25) is 0 Å². The largest absolute Gasteiger partial charge is 0.244 e. The second-order valence-electron chi connectivity index (χ2n) is 11.1. The molecule has 8 rings (SSSR count). The van der Waals surface area contributed by atoms with Crippen LogP contribution in [0.1, 0.15) is 11.1 Å². The fourth-order valence-corrected chi connectivity index (χ4v) is 5.79. The third kappa shape index (κ3) is 5.34. The third-order valence-electron chi connectivity index (χ3n) is 8.10. The average Bonchev–Trinajstić information content (AvgIpc) is 3.12. The maximum Gasteiger partial charge on any atom is 0.0973 e. The second kappa shape index (κ2) is 11.6. The minimum absolute atomic E-state index is 0.824. The van der Waals surface area contributed by atoms with Gasteiger partial charge in [0.2, 0.25) is 0 Å².